The van der Waals surface area contributed by atoms with Crippen LogP contribution < -0.4 is 10.6 Å². The standard InChI is InChI=1S/C19H28N2O2/c1-19(2,3)15-9-11-16(12-10-15)21-17(22)13-20-18(23)14-7-5-4-6-8-14/h9-12,14H,4-8,13H2,1-3H3,(H,20,23)(H,21,22). The summed E-state index contributed by atoms with van der Waals surface area (Å²) in [7, 11) is 0. The van der Waals surface area contributed by atoms with E-state index in [1.54, 1.807) is 0 Å². The number of hydrogen-bond donors (Lipinski definition) is 2. The van der Waals surface area contributed by atoms with Crippen molar-refractivity contribution in [2.24, 2.45) is 5.92 Å². The van der Waals surface area contributed by atoms with Gasteiger partial charge in [-0.1, -0.05) is 52.2 Å². The van der Waals surface area contributed by atoms with E-state index in [0.29, 0.717) is 0 Å². The van der Waals surface area contributed by atoms with Crippen molar-refractivity contribution in [3.63, 3.8) is 0 Å². The first-order valence-corrected chi connectivity index (χ1v) is 8.54. The highest BCUT2D eigenvalue weighted by atomic mass is 16.2. The fourth-order valence-electron chi connectivity index (χ4n) is 2.94. The van der Waals surface area contributed by atoms with Gasteiger partial charge in [-0.3, -0.25) is 9.59 Å². The van der Waals surface area contributed by atoms with E-state index in [2.05, 4.69) is 31.4 Å². The molecule has 1 aromatic carbocycles. The maximum Gasteiger partial charge on any atom is 0.243 e. The van der Waals surface area contributed by atoms with E-state index in [4.69, 9.17) is 0 Å². The summed E-state index contributed by atoms with van der Waals surface area (Å²) in [4.78, 5) is 24.0. The summed E-state index contributed by atoms with van der Waals surface area (Å²) in [6.45, 7) is 6.50. The molecule has 1 aliphatic rings. The van der Waals surface area contributed by atoms with Crippen LogP contribution >= 0.6 is 0 Å². The second-order valence-corrected chi connectivity index (χ2v) is 7.43. The van der Waals surface area contributed by atoms with E-state index in [0.717, 1.165) is 31.4 Å². The summed E-state index contributed by atoms with van der Waals surface area (Å²) in [5.41, 5.74) is 2.08. The summed E-state index contributed by atoms with van der Waals surface area (Å²) in [6.07, 6.45) is 5.34. The second-order valence-electron chi connectivity index (χ2n) is 7.43. The lowest BCUT2D eigenvalue weighted by molar-refractivity contribution is -0.128. The lowest BCUT2D eigenvalue weighted by Gasteiger charge is -2.20. The van der Waals surface area contributed by atoms with Gasteiger partial charge in [0.2, 0.25) is 11.8 Å². The number of carbonyl (C=O) groups is 2. The third-order valence-electron chi connectivity index (χ3n) is 4.43. The summed E-state index contributed by atoms with van der Waals surface area (Å²) in [5.74, 6) is -0.0804. The third kappa shape index (κ3) is 5.38. The van der Waals surface area contributed by atoms with Gasteiger partial charge in [0, 0.05) is 11.6 Å². The van der Waals surface area contributed by atoms with Gasteiger partial charge in [-0.05, 0) is 36.0 Å². The van der Waals surface area contributed by atoms with Crippen molar-refractivity contribution in [1.82, 2.24) is 5.32 Å². The molecule has 2 rings (SSSR count). The minimum absolute atomic E-state index is 0.0166. The zero-order valence-corrected chi connectivity index (χ0v) is 14.4. The predicted molar refractivity (Wildman–Crippen MR) is 93.4 cm³/mol. The van der Waals surface area contributed by atoms with Gasteiger partial charge >= 0.3 is 0 Å². The first kappa shape index (κ1) is 17.5. The number of carbonyl (C=O) groups excluding carboxylic acids is 2. The molecule has 1 saturated carbocycles. The van der Waals surface area contributed by atoms with E-state index in [9.17, 15) is 9.59 Å². The minimum Gasteiger partial charge on any atom is -0.347 e. The Morgan fingerprint density at radius 3 is 2.22 bits per heavy atom. The maximum absolute atomic E-state index is 12.0. The van der Waals surface area contributed by atoms with Crippen LogP contribution in [0.2, 0.25) is 0 Å². The van der Waals surface area contributed by atoms with Crippen LogP contribution in [-0.2, 0) is 15.0 Å². The van der Waals surface area contributed by atoms with Gasteiger partial charge in [0.25, 0.3) is 0 Å². The van der Waals surface area contributed by atoms with Crippen LogP contribution in [0.5, 0.6) is 0 Å². The molecule has 2 amide bonds. The molecule has 0 radical (unpaired) electrons. The molecule has 0 aliphatic heterocycles. The zero-order chi connectivity index (χ0) is 16.9. The fourth-order valence-corrected chi connectivity index (χ4v) is 2.94. The van der Waals surface area contributed by atoms with Gasteiger partial charge in [-0.15, -0.1) is 0 Å². The molecular weight excluding hydrogens is 288 g/mol. The number of amides is 2. The molecule has 4 nitrogen and oxygen atoms in total. The van der Waals surface area contributed by atoms with Gasteiger partial charge in [0.1, 0.15) is 0 Å². The molecule has 0 bridgehead atoms. The van der Waals surface area contributed by atoms with Crippen molar-refractivity contribution < 1.29 is 9.59 Å². The smallest absolute Gasteiger partial charge is 0.243 e. The van der Waals surface area contributed by atoms with Crippen molar-refractivity contribution in [3.05, 3.63) is 29.8 Å². The highest BCUT2D eigenvalue weighted by molar-refractivity contribution is 5.94. The molecule has 0 atom stereocenters. The first-order chi connectivity index (χ1) is 10.9. The largest absolute Gasteiger partial charge is 0.347 e. The predicted octanol–water partition coefficient (Wildman–Crippen LogP) is 3.62. The average molecular weight is 316 g/mol. The van der Waals surface area contributed by atoms with Crippen LogP contribution in [-0.4, -0.2) is 18.4 Å². The van der Waals surface area contributed by atoms with E-state index in [1.165, 1.54) is 12.0 Å². The van der Waals surface area contributed by atoms with E-state index in [1.807, 2.05) is 24.3 Å². The van der Waals surface area contributed by atoms with Crippen LogP contribution in [0.15, 0.2) is 24.3 Å². The number of benzene rings is 1. The molecule has 0 spiro atoms. The van der Waals surface area contributed by atoms with E-state index < -0.39 is 0 Å². The molecule has 0 heterocycles. The number of hydrogen-bond acceptors (Lipinski definition) is 2. The molecule has 23 heavy (non-hydrogen) atoms. The van der Waals surface area contributed by atoms with Crippen molar-refractivity contribution in [3.8, 4) is 0 Å². The summed E-state index contributed by atoms with van der Waals surface area (Å²) in [6, 6.07) is 7.86. The zero-order valence-electron chi connectivity index (χ0n) is 14.4. The number of anilines is 1. The number of rotatable bonds is 4. The second kappa shape index (κ2) is 7.62. The monoisotopic (exact) mass is 316 g/mol. The van der Waals surface area contributed by atoms with Crippen molar-refractivity contribution >= 4 is 17.5 Å². The molecule has 126 valence electrons. The van der Waals surface area contributed by atoms with Gasteiger partial charge in [0.05, 0.1) is 6.54 Å². The molecule has 0 aromatic heterocycles. The Morgan fingerprint density at radius 1 is 1.04 bits per heavy atom. The highest BCUT2D eigenvalue weighted by Crippen LogP contribution is 2.24. The molecule has 0 unspecified atom stereocenters. The van der Waals surface area contributed by atoms with E-state index in [-0.39, 0.29) is 29.7 Å². The maximum atomic E-state index is 12.0. The van der Waals surface area contributed by atoms with Crippen molar-refractivity contribution in [2.45, 2.75) is 58.3 Å². The van der Waals surface area contributed by atoms with Crippen molar-refractivity contribution in [1.29, 1.82) is 0 Å². The minimum atomic E-state index is -0.183. The normalized spacial score (nSPS) is 16.0. The molecule has 1 aromatic rings. The first-order valence-electron chi connectivity index (χ1n) is 8.54. The lowest BCUT2D eigenvalue weighted by atomic mass is 9.87. The van der Waals surface area contributed by atoms with Crippen LogP contribution in [0.4, 0.5) is 5.69 Å². The Hall–Kier alpha value is -1.84. The SMILES string of the molecule is CC(C)(C)c1ccc(NC(=O)CNC(=O)C2CCCCC2)cc1. The van der Waals surface area contributed by atoms with Crippen LogP contribution in [0.25, 0.3) is 0 Å². The molecule has 4 heteroatoms. The Labute approximate surface area is 139 Å². The third-order valence-corrected chi connectivity index (χ3v) is 4.43. The topological polar surface area (TPSA) is 58.2 Å². The average Bonchev–Trinajstić information content (AvgIpc) is 2.53. The molecule has 0 saturated heterocycles. The van der Waals surface area contributed by atoms with Crippen LogP contribution in [0.3, 0.4) is 0 Å². The summed E-state index contributed by atoms with van der Waals surface area (Å²) >= 11 is 0. The lowest BCUT2D eigenvalue weighted by Crippen LogP contribution is -2.37. The molecule has 1 fully saturated rings. The Kier molecular flexibility index (Phi) is 5.80. The van der Waals surface area contributed by atoms with Gasteiger partial charge in [-0.2, -0.15) is 0 Å². The van der Waals surface area contributed by atoms with Crippen LogP contribution in [0.1, 0.15) is 58.4 Å². The van der Waals surface area contributed by atoms with Gasteiger partial charge in [0.15, 0.2) is 0 Å². The van der Waals surface area contributed by atoms with Gasteiger partial charge < -0.3 is 10.6 Å². The molecule has 2 N–H and O–H groups in total. The Bertz CT molecular complexity index is 537. The Morgan fingerprint density at radius 2 is 1.65 bits per heavy atom. The quantitative estimate of drug-likeness (QED) is 0.891. The Balaban J connectivity index is 1.79. The van der Waals surface area contributed by atoms with Gasteiger partial charge in [-0.25, -0.2) is 0 Å². The number of nitrogens with one attached hydrogen (secondary N) is 2. The summed E-state index contributed by atoms with van der Waals surface area (Å²) in [5, 5.41) is 5.58. The highest BCUT2D eigenvalue weighted by Gasteiger charge is 2.21. The van der Waals surface area contributed by atoms with Crippen molar-refractivity contribution in [2.75, 3.05) is 11.9 Å². The molecular formula is C19H28N2O2. The van der Waals surface area contributed by atoms with E-state index >= 15 is 0 Å². The fraction of sp³-hybridized carbons (Fsp3) is 0.579. The summed E-state index contributed by atoms with van der Waals surface area (Å²) < 4.78 is 0. The molecule has 1 aliphatic carbocycles. The van der Waals surface area contributed by atoms with Crippen LogP contribution in [0, 0.1) is 5.92 Å².